The second-order valence-corrected chi connectivity index (χ2v) is 9.17. The zero-order chi connectivity index (χ0) is 14.5. The molecule has 0 N–H and O–H groups in total. The van der Waals surface area contributed by atoms with Crippen molar-refractivity contribution in [2.24, 2.45) is 0 Å². The highest BCUT2D eigenvalue weighted by Crippen LogP contribution is 2.07. The number of hydrogen-bond acceptors (Lipinski definition) is 1. The van der Waals surface area contributed by atoms with Crippen LogP contribution in [0.1, 0.15) is 0 Å². The van der Waals surface area contributed by atoms with Gasteiger partial charge in [-0.05, 0) is 15.6 Å². The molecule has 3 rings (SSSR count). The van der Waals surface area contributed by atoms with Gasteiger partial charge in [0, 0.05) is 0 Å². The molecule has 3 heteroatoms. The minimum absolute atomic E-state index is 1.28. The van der Waals surface area contributed by atoms with Crippen LogP contribution in [-0.2, 0) is 4.12 Å². The molecular formula is C18H17OSi2. The van der Waals surface area contributed by atoms with Crippen LogP contribution in [0.5, 0.6) is 0 Å². The Morgan fingerprint density at radius 2 is 0.810 bits per heavy atom. The predicted octanol–water partition coefficient (Wildman–Crippen LogP) is 1.22. The number of hydrogen-bond donors (Lipinski definition) is 0. The molecule has 0 bridgehead atoms. The monoisotopic (exact) mass is 305 g/mol. The van der Waals surface area contributed by atoms with E-state index >= 15 is 0 Å². The third-order valence-corrected chi connectivity index (χ3v) is 8.93. The quantitative estimate of drug-likeness (QED) is 0.520. The molecule has 0 heterocycles. The molecule has 21 heavy (non-hydrogen) atoms. The van der Waals surface area contributed by atoms with Gasteiger partial charge in [0.15, 0.2) is 10.5 Å². The first-order valence-electron chi connectivity index (χ1n) is 6.97. The standard InChI is InChI=1S/C18H17OSi2/c20-19-21(16-10-4-1-5-11-16,17-12-6-2-7-13-17)18-14-8-3-9-15-18/h1-15H,20H2. The molecule has 1 radical (unpaired) electrons. The Bertz CT molecular complexity index is 588. The van der Waals surface area contributed by atoms with Crippen LogP contribution < -0.4 is 15.6 Å². The topological polar surface area (TPSA) is 9.23 Å². The molecule has 0 saturated heterocycles. The van der Waals surface area contributed by atoms with Gasteiger partial charge in [-0.2, -0.15) is 0 Å². The zero-order valence-corrected chi connectivity index (χ0v) is 14.2. The van der Waals surface area contributed by atoms with Crippen molar-refractivity contribution < 1.29 is 4.12 Å². The molecule has 0 unspecified atom stereocenters. The van der Waals surface area contributed by atoms with E-state index in [1.165, 1.54) is 15.6 Å². The molecule has 0 atom stereocenters. The Kier molecular flexibility index (Phi) is 4.15. The number of benzene rings is 3. The van der Waals surface area contributed by atoms with E-state index in [4.69, 9.17) is 4.12 Å². The average Bonchev–Trinajstić information content (AvgIpc) is 2.59. The van der Waals surface area contributed by atoms with Gasteiger partial charge in [-0.1, -0.05) is 91.0 Å². The van der Waals surface area contributed by atoms with E-state index in [9.17, 15) is 0 Å². The van der Waals surface area contributed by atoms with Crippen molar-refractivity contribution in [2.45, 2.75) is 0 Å². The van der Waals surface area contributed by atoms with Crippen LogP contribution in [-0.4, -0.2) is 18.8 Å². The highest BCUT2D eigenvalue weighted by atomic mass is 28.4. The van der Waals surface area contributed by atoms with E-state index in [1.54, 1.807) is 10.5 Å². The fourth-order valence-electron chi connectivity index (χ4n) is 2.77. The normalized spacial score (nSPS) is 11.3. The number of rotatable bonds is 4. The van der Waals surface area contributed by atoms with Gasteiger partial charge >= 0.3 is 0 Å². The van der Waals surface area contributed by atoms with Crippen LogP contribution in [0, 0.1) is 0 Å². The van der Waals surface area contributed by atoms with E-state index in [2.05, 4.69) is 91.0 Å². The van der Waals surface area contributed by atoms with Crippen LogP contribution in [0.2, 0.25) is 0 Å². The lowest BCUT2D eigenvalue weighted by Gasteiger charge is -2.31. The van der Waals surface area contributed by atoms with Crippen LogP contribution in [0.25, 0.3) is 0 Å². The first kappa shape index (κ1) is 14.0. The first-order chi connectivity index (χ1) is 10.4. The van der Waals surface area contributed by atoms with Gasteiger partial charge in [0.1, 0.15) is 0 Å². The highest BCUT2D eigenvalue weighted by Gasteiger charge is 2.39. The molecular weight excluding hydrogens is 288 g/mol. The van der Waals surface area contributed by atoms with Crippen LogP contribution in [0.3, 0.4) is 0 Å². The van der Waals surface area contributed by atoms with Gasteiger partial charge in [-0.15, -0.1) is 0 Å². The van der Waals surface area contributed by atoms with Crippen molar-refractivity contribution >= 4 is 34.4 Å². The Balaban J connectivity index is 2.29. The predicted molar refractivity (Wildman–Crippen MR) is 93.6 cm³/mol. The SMILES string of the molecule is [SiH2]O[Si](c1ccccc1)(c1ccccc1)c1ccccc1. The maximum Gasteiger partial charge on any atom is 0.277 e. The Hall–Kier alpha value is -1.95. The summed E-state index contributed by atoms with van der Waals surface area (Å²) in [5, 5.41) is 3.83. The third-order valence-electron chi connectivity index (χ3n) is 3.76. The lowest BCUT2D eigenvalue weighted by Crippen LogP contribution is -2.69. The lowest BCUT2D eigenvalue weighted by atomic mass is 10.3. The maximum atomic E-state index is 6.26. The van der Waals surface area contributed by atoms with Gasteiger partial charge in [0.2, 0.25) is 0 Å². The Morgan fingerprint density at radius 1 is 0.524 bits per heavy atom. The molecule has 0 aromatic heterocycles. The van der Waals surface area contributed by atoms with Crippen molar-refractivity contribution in [3.63, 3.8) is 0 Å². The van der Waals surface area contributed by atoms with Crippen molar-refractivity contribution in [2.75, 3.05) is 0 Å². The summed E-state index contributed by atoms with van der Waals surface area (Å²) in [5.74, 6) is 0. The Labute approximate surface area is 129 Å². The molecule has 0 aliphatic rings. The second kappa shape index (κ2) is 6.22. The fraction of sp³-hybridized carbons (Fsp3) is 0. The van der Waals surface area contributed by atoms with Gasteiger partial charge in [-0.3, -0.25) is 0 Å². The molecule has 1 nitrogen and oxygen atoms in total. The molecule has 3 aromatic carbocycles. The summed E-state index contributed by atoms with van der Waals surface area (Å²) in [4.78, 5) is 0. The summed E-state index contributed by atoms with van der Waals surface area (Å²) < 4.78 is 6.26. The molecule has 0 spiro atoms. The smallest absolute Gasteiger partial charge is 0.277 e. The second-order valence-electron chi connectivity index (χ2n) is 4.92. The summed E-state index contributed by atoms with van der Waals surface area (Å²) in [6.45, 7) is 0. The van der Waals surface area contributed by atoms with E-state index < -0.39 is 8.32 Å². The minimum Gasteiger partial charge on any atom is -0.451 e. The summed E-state index contributed by atoms with van der Waals surface area (Å²) in [6, 6.07) is 31.8. The molecule has 0 amide bonds. The minimum atomic E-state index is -2.39. The third kappa shape index (κ3) is 2.51. The first-order valence-corrected chi connectivity index (χ1v) is 9.46. The summed E-state index contributed by atoms with van der Waals surface area (Å²) in [5.41, 5.74) is 0. The lowest BCUT2D eigenvalue weighted by molar-refractivity contribution is 0.643. The van der Waals surface area contributed by atoms with Crippen LogP contribution in [0.15, 0.2) is 91.0 Å². The van der Waals surface area contributed by atoms with Gasteiger partial charge < -0.3 is 4.12 Å². The molecule has 3 aromatic rings. The van der Waals surface area contributed by atoms with Gasteiger partial charge in [0.25, 0.3) is 8.32 Å². The molecule has 0 saturated carbocycles. The highest BCUT2D eigenvalue weighted by molar-refractivity contribution is 7.08. The van der Waals surface area contributed by atoms with Crippen molar-refractivity contribution in [1.29, 1.82) is 0 Å². The van der Waals surface area contributed by atoms with Gasteiger partial charge in [0.05, 0.1) is 0 Å². The van der Waals surface area contributed by atoms with Crippen molar-refractivity contribution in [1.82, 2.24) is 0 Å². The summed E-state index contributed by atoms with van der Waals surface area (Å²) >= 11 is 0. The van der Waals surface area contributed by atoms with Gasteiger partial charge in [-0.25, -0.2) is 0 Å². The van der Waals surface area contributed by atoms with Crippen molar-refractivity contribution in [3.05, 3.63) is 91.0 Å². The van der Waals surface area contributed by atoms with Crippen LogP contribution in [0.4, 0.5) is 0 Å². The summed E-state index contributed by atoms with van der Waals surface area (Å²) in [7, 11) is -0.777. The molecule has 0 aliphatic carbocycles. The summed E-state index contributed by atoms with van der Waals surface area (Å²) in [6.07, 6.45) is 0. The van der Waals surface area contributed by atoms with Crippen LogP contribution >= 0.6 is 0 Å². The molecule has 0 aliphatic heterocycles. The zero-order valence-electron chi connectivity index (χ0n) is 11.8. The largest absolute Gasteiger partial charge is 0.451 e. The van der Waals surface area contributed by atoms with E-state index in [1.807, 2.05) is 0 Å². The molecule has 103 valence electrons. The fourth-order valence-corrected chi connectivity index (χ4v) is 7.75. The Morgan fingerprint density at radius 3 is 1.05 bits per heavy atom. The van der Waals surface area contributed by atoms with E-state index in [0.29, 0.717) is 0 Å². The van der Waals surface area contributed by atoms with Crippen molar-refractivity contribution in [3.8, 4) is 0 Å². The van der Waals surface area contributed by atoms with E-state index in [0.717, 1.165) is 0 Å². The maximum absolute atomic E-state index is 6.26. The molecule has 0 fully saturated rings. The van der Waals surface area contributed by atoms with E-state index in [-0.39, 0.29) is 0 Å². The average molecular weight is 306 g/mol.